The molecule has 0 spiro atoms. The van der Waals surface area contributed by atoms with Crippen LogP contribution in [0.3, 0.4) is 0 Å². The van der Waals surface area contributed by atoms with Crippen LogP contribution in [0.5, 0.6) is 0 Å². The third-order valence-corrected chi connectivity index (χ3v) is 7.01. The van der Waals surface area contributed by atoms with Gasteiger partial charge in [-0.25, -0.2) is 4.39 Å². The van der Waals surface area contributed by atoms with Gasteiger partial charge in [-0.05, 0) is 35.9 Å². The number of hydrogen-bond acceptors (Lipinski definition) is 3. The minimum atomic E-state index is -0.748. The van der Waals surface area contributed by atoms with E-state index in [9.17, 15) is 14.0 Å². The lowest BCUT2D eigenvalue weighted by atomic mass is 9.79. The fourth-order valence-corrected chi connectivity index (χ4v) is 5.28. The number of nitrogens with one attached hydrogen (secondary N) is 1. The smallest absolute Gasteiger partial charge is 0.254 e. The Morgan fingerprint density at radius 1 is 1.08 bits per heavy atom. The second-order valence-corrected chi connectivity index (χ2v) is 9.23. The van der Waals surface area contributed by atoms with Gasteiger partial charge in [-0.15, -0.1) is 0 Å². The van der Waals surface area contributed by atoms with Crippen LogP contribution in [0.25, 0.3) is 10.9 Å². The summed E-state index contributed by atoms with van der Waals surface area (Å²) in [4.78, 5) is 29.4. The zero-order chi connectivity index (χ0) is 25.4. The van der Waals surface area contributed by atoms with Crippen LogP contribution < -0.4 is 5.32 Å². The topological polar surface area (TPSA) is 63.6 Å². The molecule has 2 amide bonds. The van der Waals surface area contributed by atoms with Gasteiger partial charge in [0, 0.05) is 48.9 Å². The van der Waals surface area contributed by atoms with Crippen molar-refractivity contribution in [1.29, 1.82) is 0 Å². The van der Waals surface area contributed by atoms with E-state index in [1.807, 2.05) is 54.2 Å². The van der Waals surface area contributed by atoms with Gasteiger partial charge in [0.1, 0.15) is 5.82 Å². The number of carbonyl (C=O) groups is 2. The second kappa shape index (κ2) is 9.76. The van der Waals surface area contributed by atoms with Gasteiger partial charge in [0.05, 0.1) is 29.3 Å². The predicted molar refractivity (Wildman–Crippen MR) is 138 cm³/mol. The summed E-state index contributed by atoms with van der Waals surface area (Å²) in [5.41, 5.74) is 3.25. The fourth-order valence-electron chi connectivity index (χ4n) is 5.07. The number of ether oxygens (including phenoxy) is 1. The number of hydrogen-bond donors (Lipinski definition) is 1. The molecule has 8 heteroatoms. The summed E-state index contributed by atoms with van der Waals surface area (Å²) >= 11 is 6.23. The molecule has 2 heterocycles. The Labute approximate surface area is 213 Å². The van der Waals surface area contributed by atoms with Crippen molar-refractivity contribution in [1.82, 2.24) is 9.47 Å². The van der Waals surface area contributed by atoms with E-state index in [1.165, 1.54) is 12.1 Å². The molecule has 0 saturated heterocycles. The van der Waals surface area contributed by atoms with Crippen LogP contribution in [0.1, 0.15) is 33.4 Å². The average molecular weight is 506 g/mol. The zero-order valence-electron chi connectivity index (χ0n) is 19.9. The number of benzene rings is 3. The van der Waals surface area contributed by atoms with Crippen molar-refractivity contribution in [2.24, 2.45) is 7.05 Å². The third-order valence-electron chi connectivity index (χ3n) is 6.69. The maximum atomic E-state index is 14.0. The van der Waals surface area contributed by atoms with E-state index >= 15 is 0 Å². The van der Waals surface area contributed by atoms with Crippen molar-refractivity contribution in [3.05, 3.63) is 100 Å². The molecule has 36 heavy (non-hydrogen) atoms. The highest BCUT2D eigenvalue weighted by atomic mass is 35.5. The SMILES string of the molecule is COCCN1C(=O)c2ccccc2C(C(=O)Nc2ccc(F)cc2Cl)C1c1cn(C)c2ccccc12. The molecule has 2 atom stereocenters. The molecule has 0 aliphatic carbocycles. The Morgan fingerprint density at radius 2 is 1.83 bits per heavy atom. The van der Waals surface area contributed by atoms with Gasteiger partial charge in [0.25, 0.3) is 5.91 Å². The van der Waals surface area contributed by atoms with Gasteiger partial charge in [-0.1, -0.05) is 48.0 Å². The summed E-state index contributed by atoms with van der Waals surface area (Å²) in [6.07, 6.45) is 1.97. The van der Waals surface area contributed by atoms with Crippen LogP contribution in [0, 0.1) is 5.82 Å². The molecule has 2 unspecified atom stereocenters. The van der Waals surface area contributed by atoms with Crippen molar-refractivity contribution < 1.29 is 18.7 Å². The molecule has 0 radical (unpaired) electrons. The van der Waals surface area contributed by atoms with Gasteiger partial charge in [-0.2, -0.15) is 0 Å². The second-order valence-electron chi connectivity index (χ2n) is 8.83. The summed E-state index contributed by atoms with van der Waals surface area (Å²) in [5.74, 6) is -1.75. The van der Waals surface area contributed by atoms with Crippen molar-refractivity contribution in [2.75, 3.05) is 25.6 Å². The Balaban J connectivity index is 1.69. The van der Waals surface area contributed by atoms with E-state index in [1.54, 1.807) is 24.1 Å². The number of methoxy groups -OCH3 is 1. The van der Waals surface area contributed by atoms with Gasteiger partial charge >= 0.3 is 0 Å². The first-order valence-corrected chi connectivity index (χ1v) is 12.0. The molecule has 6 nitrogen and oxygen atoms in total. The van der Waals surface area contributed by atoms with Gasteiger partial charge in [-0.3, -0.25) is 9.59 Å². The monoisotopic (exact) mass is 505 g/mol. The predicted octanol–water partition coefficient (Wildman–Crippen LogP) is 5.54. The number of aromatic nitrogens is 1. The first kappa shape index (κ1) is 24.0. The van der Waals surface area contributed by atoms with E-state index in [0.29, 0.717) is 30.0 Å². The molecule has 0 bridgehead atoms. The summed E-state index contributed by atoms with van der Waals surface area (Å²) in [6, 6.07) is 18.3. The van der Waals surface area contributed by atoms with Crippen LogP contribution in [0.2, 0.25) is 5.02 Å². The number of rotatable bonds is 6. The summed E-state index contributed by atoms with van der Waals surface area (Å²) in [7, 11) is 3.52. The number of amides is 2. The summed E-state index contributed by atoms with van der Waals surface area (Å²) < 4.78 is 20.9. The molecule has 3 aromatic carbocycles. The van der Waals surface area contributed by atoms with Crippen LogP contribution in [0.4, 0.5) is 10.1 Å². The number of aryl methyl sites for hydroxylation is 1. The molecule has 1 aliphatic rings. The largest absolute Gasteiger partial charge is 0.383 e. The summed E-state index contributed by atoms with van der Waals surface area (Å²) in [5, 5.41) is 3.93. The van der Waals surface area contributed by atoms with Crippen molar-refractivity contribution in [2.45, 2.75) is 12.0 Å². The maximum absolute atomic E-state index is 14.0. The van der Waals surface area contributed by atoms with E-state index < -0.39 is 17.8 Å². The lowest BCUT2D eigenvalue weighted by Crippen LogP contribution is -2.47. The first-order chi connectivity index (χ1) is 17.4. The van der Waals surface area contributed by atoms with Crippen LogP contribution in [-0.2, 0) is 16.6 Å². The maximum Gasteiger partial charge on any atom is 0.254 e. The Kier molecular flexibility index (Phi) is 6.51. The van der Waals surface area contributed by atoms with Crippen LogP contribution in [0.15, 0.2) is 72.9 Å². The van der Waals surface area contributed by atoms with E-state index in [0.717, 1.165) is 22.5 Å². The van der Waals surface area contributed by atoms with Gasteiger partial charge < -0.3 is 19.5 Å². The van der Waals surface area contributed by atoms with Crippen molar-refractivity contribution in [3.8, 4) is 0 Å². The molecule has 0 saturated carbocycles. The zero-order valence-corrected chi connectivity index (χ0v) is 20.6. The van der Waals surface area contributed by atoms with Gasteiger partial charge in [0.15, 0.2) is 0 Å². The molecule has 184 valence electrons. The van der Waals surface area contributed by atoms with Crippen LogP contribution in [-0.4, -0.2) is 41.5 Å². The molecular weight excluding hydrogens is 481 g/mol. The van der Waals surface area contributed by atoms with E-state index in [2.05, 4.69) is 5.32 Å². The van der Waals surface area contributed by atoms with E-state index in [4.69, 9.17) is 16.3 Å². The first-order valence-electron chi connectivity index (χ1n) is 11.6. The minimum Gasteiger partial charge on any atom is -0.383 e. The van der Waals surface area contributed by atoms with Gasteiger partial charge in [0.2, 0.25) is 5.91 Å². The highest BCUT2D eigenvalue weighted by Crippen LogP contribution is 2.45. The molecule has 1 N–H and O–H groups in total. The molecule has 1 aliphatic heterocycles. The lowest BCUT2D eigenvalue weighted by molar-refractivity contribution is -0.119. The third kappa shape index (κ3) is 4.14. The molecule has 1 aromatic heterocycles. The number of nitrogens with zero attached hydrogens (tertiary/aromatic N) is 2. The van der Waals surface area contributed by atoms with Crippen molar-refractivity contribution in [3.63, 3.8) is 0 Å². The summed E-state index contributed by atoms with van der Waals surface area (Å²) in [6.45, 7) is 0.617. The Morgan fingerprint density at radius 3 is 2.61 bits per heavy atom. The number of carbonyl (C=O) groups excluding carboxylic acids is 2. The molecule has 4 aromatic rings. The number of fused-ring (bicyclic) bond motifs is 2. The highest BCUT2D eigenvalue weighted by molar-refractivity contribution is 6.33. The molecule has 0 fully saturated rings. The minimum absolute atomic E-state index is 0.0986. The fraction of sp³-hybridized carbons (Fsp3) is 0.214. The standard InChI is InChI=1S/C28H25ClFN3O3/c1-32-16-21(18-7-5-6-10-24(18)32)26-25(27(34)31-23-12-11-17(30)15-22(23)29)19-8-3-4-9-20(19)28(35)33(26)13-14-36-2/h3-12,15-16,25-26H,13-14H2,1-2H3,(H,31,34). The van der Waals surface area contributed by atoms with Crippen LogP contribution >= 0.6 is 11.6 Å². The number of halogens is 2. The van der Waals surface area contributed by atoms with Crippen molar-refractivity contribution >= 4 is 40.0 Å². The Bertz CT molecular complexity index is 1470. The number of anilines is 1. The quantitative estimate of drug-likeness (QED) is 0.374. The highest BCUT2D eigenvalue weighted by Gasteiger charge is 2.45. The molecule has 5 rings (SSSR count). The lowest BCUT2D eigenvalue weighted by Gasteiger charge is -2.41. The normalized spacial score (nSPS) is 17.3. The average Bonchev–Trinajstić information content (AvgIpc) is 3.21. The Hall–Kier alpha value is -3.68. The number of para-hydroxylation sites is 1. The van der Waals surface area contributed by atoms with E-state index in [-0.39, 0.29) is 16.8 Å². The molecular formula is C28H25ClFN3O3.